The van der Waals surface area contributed by atoms with Crippen molar-refractivity contribution in [1.29, 1.82) is 0 Å². The van der Waals surface area contributed by atoms with Crippen LogP contribution in [-0.4, -0.2) is 96.7 Å². The van der Waals surface area contributed by atoms with Crippen LogP contribution in [0.1, 0.15) is 427 Å². The van der Waals surface area contributed by atoms with Crippen LogP contribution in [0.3, 0.4) is 0 Å². The van der Waals surface area contributed by atoms with Gasteiger partial charge in [0.1, 0.15) is 19.3 Å². The Morgan fingerprint density at radius 2 is 0.510 bits per heavy atom. The summed E-state index contributed by atoms with van der Waals surface area (Å²) < 4.78 is 68.5. The third-order valence-electron chi connectivity index (χ3n) is 19.3. The maximum absolute atomic E-state index is 13.1. The lowest BCUT2D eigenvalue weighted by atomic mass is 9.99. The Labute approximate surface area is 613 Å². The van der Waals surface area contributed by atoms with Crippen LogP contribution in [0.2, 0.25) is 0 Å². The number of aliphatic hydroxyl groups is 1. The van der Waals surface area contributed by atoms with Gasteiger partial charge in [0.2, 0.25) is 0 Å². The van der Waals surface area contributed by atoms with Gasteiger partial charge in [-0.15, -0.1) is 0 Å². The number of rotatable bonds is 80. The first-order valence-corrected chi connectivity index (χ1v) is 45.0. The van der Waals surface area contributed by atoms with Gasteiger partial charge in [0.15, 0.2) is 12.2 Å². The molecule has 17 nitrogen and oxygen atoms in total. The Morgan fingerprint density at radius 3 is 0.760 bits per heavy atom. The summed E-state index contributed by atoms with van der Waals surface area (Å²) in [6.45, 7) is 9.64. The van der Waals surface area contributed by atoms with Crippen LogP contribution in [-0.2, 0) is 65.4 Å². The number of esters is 4. The highest BCUT2D eigenvalue weighted by Crippen LogP contribution is 2.45. The van der Waals surface area contributed by atoms with Crippen LogP contribution >= 0.6 is 15.6 Å². The normalized spacial score (nSPS) is 14.2. The van der Waals surface area contributed by atoms with Gasteiger partial charge in [-0.3, -0.25) is 37.3 Å². The molecule has 0 aromatic heterocycles. The smallest absolute Gasteiger partial charge is 0.462 e. The molecule has 0 amide bonds. The number of phosphoric acid groups is 2. The largest absolute Gasteiger partial charge is 0.472 e. The average molecular weight is 1470 g/mol. The molecule has 3 N–H and O–H groups in total. The first kappa shape index (κ1) is 98.1. The quantitative estimate of drug-likeness (QED) is 0.0222. The van der Waals surface area contributed by atoms with Crippen LogP contribution in [0.15, 0.2) is 0 Å². The minimum atomic E-state index is -4.96. The lowest BCUT2D eigenvalue weighted by Crippen LogP contribution is -2.30. The van der Waals surface area contributed by atoms with Crippen LogP contribution < -0.4 is 0 Å². The molecule has 0 aromatic rings. The molecule has 0 aliphatic carbocycles. The number of carbonyl (C=O) groups excluding carboxylic acids is 4. The maximum Gasteiger partial charge on any atom is 0.472 e. The van der Waals surface area contributed by atoms with E-state index in [0.717, 1.165) is 108 Å². The van der Waals surface area contributed by atoms with Crippen LogP contribution in [0.4, 0.5) is 0 Å². The summed E-state index contributed by atoms with van der Waals surface area (Å²) in [5, 5.41) is 10.6. The van der Waals surface area contributed by atoms with Crippen molar-refractivity contribution in [2.75, 3.05) is 39.6 Å². The van der Waals surface area contributed by atoms with E-state index >= 15 is 0 Å². The van der Waals surface area contributed by atoms with Gasteiger partial charge in [0.25, 0.3) is 0 Å². The number of hydrogen-bond donors (Lipinski definition) is 3. The molecule has 0 aliphatic rings. The summed E-state index contributed by atoms with van der Waals surface area (Å²) in [6, 6.07) is 0. The highest BCUT2D eigenvalue weighted by Gasteiger charge is 2.30. The van der Waals surface area contributed by atoms with Crippen molar-refractivity contribution in [1.82, 2.24) is 0 Å². The van der Waals surface area contributed by atoms with E-state index in [2.05, 4.69) is 41.5 Å². The van der Waals surface area contributed by atoms with Gasteiger partial charge in [-0.1, -0.05) is 375 Å². The van der Waals surface area contributed by atoms with E-state index in [1.165, 1.54) is 238 Å². The molecule has 0 rings (SSSR count). The zero-order chi connectivity index (χ0) is 73.5. The molecule has 0 saturated carbocycles. The molecule has 19 heteroatoms. The van der Waals surface area contributed by atoms with Gasteiger partial charge in [0.05, 0.1) is 26.4 Å². The molecule has 0 aliphatic heterocycles. The van der Waals surface area contributed by atoms with Gasteiger partial charge in [-0.05, 0) is 37.5 Å². The first-order chi connectivity index (χ1) is 48.4. The summed E-state index contributed by atoms with van der Waals surface area (Å²) in [5.74, 6) is -0.460. The van der Waals surface area contributed by atoms with Crippen molar-refractivity contribution >= 4 is 39.5 Å². The molecule has 0 radical (unpaired) electrons. The van der Waals surface area contributed by atoms with Gasteiger partial charge in [0, 0.05) is 25.7 Å². The number of hydrogen-bond acceptors (Lipinski definition) is 15. The fourth-order valence-corrected chi connectivity index (χ4v) is 14.1. The lowest BCUT2D eigenvalue weighted by Gasteiger charge is -2.21. The molecular formula is C81H158O17P2. The van der Waals surface area contributed by atoms with E-state index in [1.807, 2.05) is 0 Å². The van der Waals surface area contributed by atoms with Gasteiger partial charge in [-0.2, -0.15) is 0 Å². The third-order valence-corrected chi connectivity index (χ3v) is 21.2. The third kappa shape index (κ3) is 73.0. The summed E-state index contributed by atoms with van der Waals surface area (Å²) in [6.07, 6.45) is 62.8. The molecule has 0 aromatic carbocycles. The number of carbonyl (C=O) groups is 4. The number of phosphoric ester groups is 2. The molecule has 0 heterocycles. The summed E-state index contributed by atoms with van der Waals surface area (Å²) in [4.78, 5) is 72.7. The second kappa shape index (κ2) is 72.6. The van der Waals surface area contributed by atoms with E-state index in [1.54, 1.807) is 0 Å². The first-order valence-electron chi connectivity index (χ1n) is 42.0. The van der Waals surface area contributed by atoms with Crippen molar-refractivity contribution in [3.05, 3.63) is 0 Å². The van der Waals surface area contributed by atoms with E-state index in [9.17, 15) is 43.2 Å². The predicted molar refractivity (Wildman–Crippen MR) is 409 cm³/mol. The van der Waals surface area contributed by atoms with Crippen molar-refractivity contribution in [2.45, 2.75) is 445 Å². The summed E-state index contributed by atoms with van der Waals surface area (Å²) in [7, 11) is -9.91. The monoisotopic (exact) mass is 1470 g/mol. The molecule has 0 bridgehead atoms. The van der Waals surface area contributed by atoms with Gasteiger partial charge >= 0.3 is 39.5 Å². The topological polar surface area (TPSA) is 237 Å². The van der Waals surface area contributed by atoms with E-state index < -0.39 is 97.5 Å². The molecule has 594 valence electrons. The Kier molecular flexibility index (Phi) is 71.2. The van der Waals surface area contributed by atoms with E-state index in [0.29, 0.717) is 25.7 Å². The van der Waals surface area contributed by atoms with E-state index in [-0.39, 0.29) is 25.7 Å². The second-order valence-electron chi connectivity index (χ2n) is 29.9. The molecule has 0 spiro atoms. The van der Waals surface area contributed by atoms with Crippen LogP contribution in [0.25, 0.3) is 0 Å². The van der Waals surface area contributed by atoms with Crippen molar-refractivity contribution in [2.24, 2.45) is 11.8 Å². The molecule has 100 heavy (non-hydrogen) atoms. The molecule has 6 atom stereocenters. The Morgan fingerprint density at radius 1 is 0.290 bits per heavy atom. The average Bonchev–Trinajstić information content (AvgIpc) is 0.922. The van der Waals surface area contributed by atoms with Crippen LogP contribution in [0.5, 0.6) is 0 Å². The predicted octanol–water partition coefficient (Wildman–Crippen LogP) is 24.3. The molecule has 3 unspecified atom stereocenters. The number of ether oxygens (including phenoxy) is 4. The number of aliphatic hydroxyl groups excluding tert-OH is 1. The Bertz CT molecular complexity index is 1930. The fraction of sp³-hybridized carbons (Fsp3) is 0.951. The van der Waals surface area contributed by atoms with E-state index in [4.69, 9.17) is 37.0 Å². The van der Waals surface area contributed by atoms with Crippen molar-refractivity contribution < 1.29 is 80.2 Å². The van der Waals surface area contributed by atoms with Crippen molar-refractivity contribution in [3.63, 3.8) is 0 Å². The summed E-state index contributed by atoms with van der Waals surface area (Å²) >= 11 is 0. The molecular weight excluding hydrogens is 1310 g/mol. The minimum Gasteiger partial charge on any atom is -0.462 e. The fourth-order valence-electron chi connectivity index (χ4n) is 12.5. The zero-order valence-electron chi connectivity index (χ0n) is 65.5. The van der Waals surface area contributed by atoms with Crippen LogP contribution in [0, 0.1) is 11.8 Å². The SMILES string of the molecule is CCCCCCCCCCCCCCCCCCCCC(=O)O[C@H](COC(=O)CCCCCCC)COP(=O)(O)OC[C@H](O)COP(=O)(O)OC[C@@H](COC(=O)CCCCCCCCCCCCCCCCC(C)CC)OC(=O)CCCCCCCCCCCCCCCCCCC(C)C. The number of unbranched alkanes of at least 4 members (excludes halogenated alkanes) is 49. The van der Waals surface area contributed by atoms with Crippen molar-refractivity contribution in [3.8, 4) is 0 Å². The highest BCUT2D eigenvalue weighted by molar-refractivity contribution is 7.47. The standard InChI is InChI=1S/C81H158O17P2/c1-7-10-12-14-15-16-17-18-19-20-21-25-32-37-42-47-53-59-65-80(85)97-76(69-91-78(83)63-57-49-13-11-8-2)71-95-99(87,88)93-67-75(82)68-94-100(89,90)96-72-77(70-92-79(84)64-58-52-46-41-36-31-28-27-30-35-40-45-51-56-62-74(6)9-3)98-81(86)66-60-54-48-43-38-33-26-23-22-24-29-34-39-44-50-55-61-73(4)5/h73-77,82H,7-72H2,1-6H3,(H,87,88)(H,89,90)/t74?,75-,76+,77+/m0/s1. The summed E-state index contributed by atoms with van der Waals surface area (Å²) in [5.41, 5.74) is 0. The Hall–Kier alpha value is -1.94. The molecule has 0 fully saturated rings. The zero-order valence-corrected chi connectivity index (χ0v) is 67.3. The molecule has 0 saturated heterocycles. The minimum absolute atomic E-state index is 0.108. The second-order valence-corrected chi connectivity index (χ2v) is 32.8. The lowest BCUT2D eigenvalue weighted by molar-refractivity contribution is -0.161. The Balaban J connectivity index is 5.12. The van der Waals surface area contributed by atoms with Gasteiger partial charge < -0.3 is 33.8 Å². The maximum atomic E-state index is 13.1. The highest BCUT2D eigenvalue weighted by atomic mass is 31.2. The van der Waals surface area contributed by atoms with Gasteiger partial charge in [-0.25, -0.2) is 9.13 Å².